The van der Waals surface area contributed by atoms with Gasteiger partial charge >= 0.3 is 12.1 Å². The Kier molecular flexibility index (Phi) is 4.59. The number of hydrogen-bond donors (Lipinski definition) is 3. The Bertz CT molecular complexity index is 1220. The number of fused-ring (bicyclic) bond motifs is 2. The molecule has 2 aromatic carbocycles. The van der Waals surface area contributed by atoms with Gasteiger partial charge in [0.2, 0.25) is 5.91 Å². The standard InChI is InChI=1S/C22H20ClN5O3/c23-13-4-3-5-14(10-13)25-20(29)19-9-12-8-18(12)28(19)22(31)26-16-11-27(21(24)30)17-7-2-1-6-15(16)17/h1-7,10-12,18-19H,8-9H2,(H2,24,30)(H,25,29)(H,26,31)/t12-,18-,19+/m1/s1. The number of aromatic nitrogens is 1. The molecule has 0 bridgehead atoms. The molecule has 1 saturated carbocycles. The zero-order chi connectivity index (χ0) is 21.7. The van der Waals surface area contributed by atoms with E-state index in [2.05, 4.69) is 10.6 Å². The lowest BCUT2D eigenvalue weighted by atomic mass is 10.1. The first kappa shape index (κ1) is 19.4. The zero-order valence-corrected chi connectivity index (χ0v) is 17.2. The van der Waals surface area contributed by atoms with Gasteiger partial charge in [-0.3, -0.25) is 9.36 Å². The Labute approximate surface area is 182 Å². The Morgan fingerprint density at radius 3 is 2.61 bits per heavy atom. The quantitative estimate of drug-likeness (QED) is 0.578. The lowest BCUT2D eigenvalue weighted by Crippen LogP contribution is -2.47. The van der Waals surface area contributed by atoms with Crippen LogP contribution in [0.5, 0.6) is 0 Å². The highest BCUT2D eigenvalue weighted by atomic mass is 35.5. The Morgan fingerprint density at radius 1 is 1.03 bits per heavy atom. The highest BCUT2D eigenvalue weighted by Crippen LogP contribution is 2.48. The van der Waals surface area contributed by atoms with E-state index in [4.69, 9.17) is 17.3 Å². The molecule has 5 rings (SSSR count). The predicted molar refractivity (Wildman–Crippen MR) is 118 cm³/mol. The molecule has 1 aliphatic carbocycles. The maximum absolute atomic E-state index is 13.2. The van der Waals surface area contributed by atoms with Gasteiger partial charge in [0.15, 0.2) is 0 Å². The van der Waals surface area contributed by atoms with E-state index >= 15 is 0 Å². The highest BCUT2D eigenvalue weighted by Gasteiger charge is 2.56. The fraction of sp³-hybridized carbons (Fsp3) is 0.227. The van der Waals surface area contributed by atoms with Crippen LogP contribution in [-0.2, 0) is 4.79 Å². The molecule has 4 amide bonds. The molecule has 1 aliphatic heterocycles. The molecule has 2 heterocycles. The summed E-state index contributed by atoms with van der Waals surface area (Å²) in [5.74, 6) is 0.0806. The Morgan fingerprint density at radius 2 is 1.84 bits per heavy atom. The third-order valence-electron chi connectivity index (χ3n) is 5.92. The van der Waals surface area contributed by atoms with E-state index in [9.17, 15) is 14.4 Å². The second kappa shape index (κ2) is 7.31. The second-order valence-electron chi connectivity index (χ2n) is 7.92. The summed E-state index contributed by atoms with van der Waals surface area (Å²) in [4.78, 5) is 39.5. The fourth-order valence-corrected chi connectivity index (χ4v) is 4.61. The molecule has 2 aliphatic rings. The van der Waals surface area contributed by atoms with Crippen molar-refractivity contribution >= 4 is 51.8 Å². The molecule has 0 unspecified atom stereocenters. The highest BCUT2D eigenvalue weighted by molar-refractivity contribution is 6.30. The van der Waals surface area contributed by atoms with Crippen molar-refractivity contribution in [2.24, 2.45) is 11.7 Å². The van der Waals surface area contributed by atoms with Crippen molar-refractivity contribution in [2.45, 2.75) is 24.9 Å². The number of carbonyl (C=O) groups is 3. The van der Waals surface area contributed by atoms with E-state index in [0.29, 0.717) is 39.6 Å². The van der Waals surface area contributed by atoms with E-state index in [-0.39, 0.29) is 18.0 Å². The number of nitrogens with two attached hydrogens (primary N) is 1. The van der Waals surface area contributed by atoms with Gasteiger partial charge in [0, 0.05) is 28.3 Å². The Balaban J connectivity index is 1.38. The van der Waals surface area contributed by atoms with Crippen LogP contribution in [0.4, 0.5) is 21.0 Å². The summed E-state index contributed by atoms with van der Waals surface area (Å²) in [6.45, 7) is 0. The number of rotatable bonds is 3. The van der Waals surface area contributed by atoms with Crippen LogP contribution in [0, 0.1) is 5.92 Å². The minimum atomic E-state index is -0.640. The number of carbonyl (C=O) groups excluding carboxylic acids is 3. The van der Waals surface area contributed by atoms with Gasteiger partial charge in [-0.2, -0.15) is 0 Å². The number of urea groups is 1. The molecule has 8 nitrogen and oxygen atoms in total. The smallest absolute Gasteiger partial charge is 0.323 e. The lowest BCUT2D eigenvalue weighted by Gasteiger charge is -2.27. The SMILES string of the molecule is NC(=O)n1cc(NC(=O)N2[C@@H]3C[C@@H]3C[C@H]2C(=O)Nc2cccc(Cl)c2)c2ccccc21. The summed E-state index contributed by atoms with van der Waals surface area (Å²) in [6.07, 6.45) is 3.01. The number of likely N-dealkylation sites (tertiary alicyclic amines) is 1. The second-order valence-corrected chi connectivity index (χ2v) is 8.36. The number of para-hydroxylation sites is 1. The Hall–Kier alpha value is -3.52. The van der Waals surface area contributed by atoms with Crippen LogP contribution in [-0.4, -0.2) is 39.5 Å². The monoisotopic (exact) mass is 437 g/mol. The third kappa shape index (κ3) is 3.48. The molecular weight excluding hydrogens is 418 g/mol. The number of amides is 4. The molecule has 2 fully saturated rings. The molecule has 9 heteroatoms. The van der Waals surface area contributed by atoms with Gasteiger partial charge in [-0.15, -0.1) is 0 Å². The average molecular weight is 438 g/mol. The van der Waals surface area contributed by atoms with Crippen molar-refractivity contribution < 1.29 is 14.4 Å². The summed E-state index contributed by atoms with van der Waals surface area (Å²) in [5, 5.41) is 6.94. The number of nitrogens with one attached hydrogen (secondary N) is 2. The average Bonchev–Trinajstić information content (AvgIpc) is 3.24. The van der Waals surface area contributed by atoms with Crippen molar-refractivity contribution in [1.29, 1.82) is 0 Å². The van der Waals surface area contributed by atoms with Crippen LogP contribution in [0.3, 0.4) is 0 Å². The first-order chi connectivity index (χ1) is 14.9. The predicted octanol–water partition coefficient (Wildman–Crippen LogP) is 3.85. The first-order valence-electron chi connectivity index (χ1n) is 9.98. The summed E-state index contributed by atoms with van der Waals surface area (Å²) in [5.41, 5.74) is 7.12. The molecule has 3 aromatic rings. The number of nitrogens with zero attached hydrogens (tertiary/aromatic N) is 2. The number of hydrogen-bond acceptors (Lipinski definition) is 3. The summed E-state index contributed by atoms with van der Waals surface area (Å²) in [7, 11) is 0. The van der Waals surface area contributed by atoms with Crippen LogP contribution in [0.2, 0.25) is 5.02 Å². The summed E-state index contributed by atoms with van der Waals surface area (Å²) < 4.78 is 1.29. The largest absolute Gasteiger partial charge is 0.351 e. The van der Waals surface area contributed by atoms with Crippen LogP contribution in [0.15, 0.2) is 54.7 Å². The van der Waals surface area contributed by atoms with Gasteiger partial charge < -0.3 is 21.3 Å². The fourth-order valence-electron chi connectivity index (χ4n) is 4.42. The number of benzene rings is 2. The molecular formula is C22H20ClN5O3. The van der Waals surface area contributed by atoms with Crippen molar-refractivity contribution in [2.75, 3.05) is 10.6 Å². The molecule has 1 aromatic heterocycles. The molecule has 1 saturated heterocycles. The van der Waals surface area contributed by atoms with E-state index in [1.165, 1.54) is 10.8 Å². The van der Waals surface area contributed by atoms with E-state index in [1.54, 1.807) is 47.4 Å². The lowest BCUT2D eigenvalue weighted by molar-refractivity contribution is -0.120. The molecule has 0 radical (unpaired) electrons. The third-order valence-corrected chi connectivity index (χ3v) is 6.16. The number of halogens is 1. The van der Waals surface area contributed by atoms with Gasteiger partial charge in [0.25, 0.3) is 0 Å². The number of primary amides is 1. The van der Waals surface area contributed by atoms with Gasteiger partial charge in [0.05, 0.1) is 11.2 Å². The number of piperidine rings is 1. The zero-order valence-electron chi connectivity index (χ0n) is 16.4. The van der Waals surface area contributed by atoms with Crippen LogP contribution in [0.25, 0.3) is 10.9 Å². The van der Waals surface area contributed by atoms with Crippen LogP contribution < -0.4 is 16.4 Å². The maximum atomic E-state index is 13.2. The first-order valence-corrected chi connectivity index (χ1v) is 10.4. The van der Waals surface area contributed by atoms with E-state index in [0.717, 1.165) is 6.42 Å². The topological polar surface area (TPSA) is 109 Å². The van der Waals surface area contributed by atoms with Gasteiger partial charge in [-0.25, -0.2) is 9.59 Å². The van der Waals surface area contributed by atoms with Crippen molar-refractivity contribution in [3.05, 3.63) is 59.8 Å². The molecule has 3 atom stereocenters. The molecule has 0 spiro atoms. The molecule has 158 valence electrons. The van der Waals surface area contributed by atoms with Crippen LogP contribution >= 0.6 is 11.6 Å². The summed E-state index contributed by atoms with van der Waals surface area (Å²) >= 11 is 6.00. The maximum Gasteiger partial charge on any atom is 0.323 e. The summed E-state index contributed by atoms with van der Waals surface area (Å²) in [6, 6.07) is 12.5. The van der Waals surface area contributed by atoms with Gasteiger partial charge in [-0.1, -0.05) is 35.9 Å². The van der Waals surface area contributed by atoms with Crippen LogP contribution in [0.1, 0.15) is 12.8 Å². The normalized spacial score (nSPS) is 21.6. The minimum absolute atomic E-state index is 0.0413. The van der Waals surface area contributed by atoms with Gasteiger partial charge in [-0.05, 0) is 43.0 Å². The minimum Gasteiger partial charge on any atom is -0.351 e. The van der Waals surface area contributed by atoms with Gasteiger partial charge in [0.1, 0.15) is 6.04 Å². The van der Waals surface area contributed by atoms with E-state index in [1.807, 2.05) is 6.07 Å². The van der Waals surface area contributed by atoms with Crippen molar-refractivity contribution in [1.82, 2.24) is 9.47 Å². The van der Waals surface area contributed by atoms with E-state index < -0.39 is 12.1 Å². The van der Waals surface area contributed by atoms with Crippen molar-refractivity contribution in [3.63, 3.8) is 0 Å². The molecule has 31 heavy (non-hydrogen) atoms. The molecule has 4 N–H and O–H groups in total. The van der Waals surface area contributed by atoms with Crippen molar-refractivity contribution in [3.8, 4) is 0 Å². The number of anilines is 2.